The van der Waals surface area contributed by atoms with Gasteiger partial charge in [0.1, 0.15) is 5.82 Å². The number of aryl methyl sites for hydroxylation is 1. The third kappa shape index (κ3) is 3.69. The Kier molecular flexibility index (Phi) is 5.10. The molecule has 1 aliphatic heterocycles. The first-order chi connectivity index (χ1) is 13.0. The fraction of sp³-hybridized carbons (Fsp3) is 0.286. The standard InChI is InChI=1S/C21H21FN2OS2/c1-13-10-17(14(2)24(13)12-16-4-3-8-26-16)21(25)23-19-7-9-27-20-6-5-15(22)11-18(19)20/h3-6,8,10-11,19H,7,9,12H2,1-2H3,(H,23,25). The molecule has 3 heterocycles. The average molecular weight is 401 g/mol. The largest absolute Gasteiger partial charge is 0.345 e. The van der Waals surface area contributed by atoms with Crippen LogP contribution in [0.15, 0.2) is 46.7 Å². The average Bonchev–Trinajstić information content (AvgIpc) is 3.26. The van der Waals surface area contributed by atoms with Gasteiger partial charge >= 0.3 is 0 Å². The van der Waals surface area contributed by atoms with Crippen molar-refractivity contribution in [3.05, 3.63) is 75.0 Å². The smallest absolute Gasteiger partial charge is 0.253 e. The number of thiophene rings is 1. The molecule has 4 rings (SSSR count). The summed E-state index contributed by atoms with van der Waals surface area (Å²) in [5.74, 6) is 0.568. The van der Waals surface area contributed by atoms with E-state index in [9.17, 15) is 9.18 Å². The second kappa shape index (κ2) is 7.52. The maximum absolute atomic E-state index is 13.7. The quantitative estimate of drug-likeness (QED) is 0.643. The molecule has 6 heteroatoms. The van der Waals surface area contributed by atoms with Crippen LogP contribution in [0.2, 0.25) is 0 Å². The first-order valence-electron chi connectivity index (χ1n) is 8.95. The molecule has 27 heavy (non-hydrogen) atoms. The maximum atomic E-state index is 13.7. The third-order valence-corrected chi connectivity index (χ3v) is 7.01. The highest BCUT2D eigenvalue weighted by atomic mass is 32.2. The number of rotatable bonds is 4. The van der Waals surface area contributed by atoms with Gasteiger partial charge in [0.05, 0.1) is 18.2 Å². The van der Waals surface area contributed by atoms with Crippen molar-refractivity contribution in [3.63, 3.8) is 0 Å². The van der Waals surface area contributed by atoms with Crippen LogP contribution < -0.4 is 5.32 Å². The predicted octanol–water partition coefficient (Wildman–Crippen LogP) is 5.32. The normalized spacial score (nSPS) is 16.2. The highest BCUT2D eigenvalue weighted by Crippen LogP contribution is 2.36. The fourth-order valence-corrected chi connectivity index (χ4v) is 5.38. The molecule has 0 spiro atoms. The number of carbonyl (C=O) groups excluding carboxylic acids is 1. The van der Waals surface area contributed by atoms with E-state index in [1.54, 1.807) is 35.2 Å². The van der Waals surface area contributed by atoms with Crippen molar-refractivity contribution in [1.82, 2.24) is 9.88 Å². The molecule has 0 saturated heterocycles. The van der Waals surface area contributed by atoms with Gasteiger partial charge in [0.2, 0.25) is 0 Å². The van der Waals surface area contributed by atoms with Crippen molar-refractivity contribution >= 4 is 29.0 Å². The van der Waals surface area contributed by atoms with Crippen LogP contribution >= 0.6 is 23.1 Å². The summed E-state index contributed by atoms with van der Waals surface area (Å²) in [5, 5.41) is 5.19. The highest BCUT2D eigenvalue weighted by Gasteiger charge is 2.25. The van der Waals surface area contributed by atoms with Gasteiger partial charge in [-0.15, -0.1) is 23.1 Å². The molecule has 0 saturated carbocycles. The molecular weight excluding hydrogens is 379 g/mol. The molecule has 1 amide bonds. The van der Waals surface area contributed by atoms with Gasteiger partial charge in [-0.2, -0.15) is 0 Å². The van der Waals surface area contributed by atoms with E-state index in [0.717, 1.165) is 40.6 Å². The van der Waals surface area contributed by atoms with E-state index in [1.807, 2.05) is 26.0 Å². The number of fused-ring (bicyclic) bond motifs is 1. The summed E-state index contributed by atoms with van der Waals surface area (Å²) in [6, 6.07) is 10.8. The Morgan fingerprint density at radius 1 is 1.30 bits per heavy atom. The van der Waals surface area contributed by atoms with Crippen molar-refractivity contribution < 1.29 is 9.18 Å². The molecule has 3 nitrogen and oxygen atoms in total. The highest BCUT2D eigenvalue weighted by molar-refractivity contribution is 7.99. The number of nitrogens with one attached hydrogen (secondary N) is 1. The molecular formula is C21H21FN2OS2. The first-order valence-corrected chi connectivity index (χ1v) is 10.8. The van der Waals surface area contributed by atoms with E-state index in [2.05, 4.69) is 21.3 Å². The van der Waals surface area contributed by atoms with Crippen LogP contribution in [0, 0.1) is 19.7 Å². The van der Waals surface area contributed by atoms with Gasteiger partial charge in [0, 0.05) is 26.9 Å². The van der Waals surface area contributed by atoms with Gasteiger partial charge in [-0.3, -0.25) is 4.79 Å². The minimum Gasteiger partial charge on any atom is -0.345 e. The Bertz CT molecular complexity index is 978. The maximum Gasteiger partial charge on any atom is 0.253 e. The van der Waals surface area contributed by atoms with Gasteiger partial charge in [-0.1, -0.05) is 6.07 Å². The Hall–Kier alpha value is -2.05. The molecule has 1 atom stereocenters. The number of amides is 1. The molecule has 0 radical (unpaired) electrons. The molecule has 1 N–H and O–H groups in total. The van der Waals surface area contributed by atoms with Crippen molar-refractivity contribution in [3.8, 4) is 0 Å². The summed E-state index contributed by atoms with van der Waals surface area (Å²) in [7, 11) is 0. The van der Waals surface area contributed by atoms with Gasteiger partial charge in [-0.25, -0.2) is 4.39 Å². The van der Waals surface area contributed by atoms with Crippen molar-refractivity contribution in [2.75, 3.05) is 5.75 Å². The van der Waals surface area contributed by atoms with Crippen LogP contribution in [-0.2, 0) is 6.54 Å². The van der Waals surface area contributed by atoms with Crippen molar-refractivity contribution in [2.24, 2.45) is 0 Å². The van der Waals surface area contributed by atoms with E-state index >= 15 is 0 Å². The zero-order chi connectivity index (χ0) is 19.0. The van der Waals surface area contributed by atoms with E-state index in [1.165, 1.54) is 10.9 Å². The lowest BCUT2D eigenvalue weighted by molar-refractivity contribution is 0.0934. The third-order valence-electron chi connectivity index (χ3n) is 5.03. The molecule has 0 bridgehead atoms. The van der Waals surface area contributed by atoms with Crippen molar-refractivity contribution in [1.29, 1.82) is 0 Å². The number of nitrogens with zero attached hydrogens (tertiary/aromatic N) is 1. The summed E-state index contributed by atoms with van der Waals surface area (Å²) in [6.07, 6.45) is 0.806. The second-order valence-electron chi connectivity index (χ2n) is 6.80. The van der Waals surface area contributed by atoms with Gasteiger partial charge in [0.25, 0.3) is 5.91 Å². The SMILES string of the molecule is Cc1cc(C(=O)NC2CCSc3ccc(F)cc32)c(C)n1Cc1cccs1. The summed E-state index contributed by atoms with van der Waals surface area (Å²) in [5.41, 5.74) is 3.60. The van der Waals surface area contributed by atoms with Crippen LogP contribution in [-0.4, -0.2) is 16.2 Å². The van der Waals surface area contributed by atoms with E-state index in [0.29, 0.717) is 5.56 Å². The second-order valence-corrected chi connectivity index (χ2v) is 8.96. The number of halogens is 1. The molecule has 3 aromatic rings. The van der Waals surface area contributed by atoms with Crippen LogP contribution in [0.1, 0.15) is 44.6 Å². The summed E-state index contributed by atoms with van der Waals surface area (Å²) in [4.78, 5) is 15.3. The zero-order valence-electron chi connectivity index (χ0n) is 15.3. The number of aromatic nitrogens is 1. The Morgan fingerprint density at radius 3 is 2.93 bits per heavy atom. The lowest BCUT2D eigenvalue weighted by atomic mass is 10.0. The summed E-state index contributed by atoms with van der Waals surface area (Å²) in [6.45, 7) is 4.79. The topological polar surface area (TPSA) is 34.0 Å². The number of benzene rings is 1. The number of hydrogen-bond donors (Lipinski definition) is 1. The summed E-state index contributed by atoms with van der Waals surface area (Å²) < 4.78 is 15.9. The molecule has 0 fully saturated rings. The monoisotopic (exact) mass is 400 g/mol. The molecule has 140 valence electrons. The van der Waals surface area contributed by atoms with Crippen LogP contribution in [0.4, 0.5) is 4.39 Å². The molecule has 1 aromatic carbocycles. The Labute approximate surface area is 166 Å². The molecule has 1 unspecified atom stereocenters. The lowest BCUT2D eigenvalue weighted by Crippen LogP contribution is -2.31. The zero-order valence-corrected chi connectivity index (χ0v) is 16.9. The lowest BCUT2D eigenvalue weighted by Gasteiger charge is -2.26. The van der Waals surface area contributed by atoms with Crippen LogP contribution in [0.5, 0.6) is 0 Å². The van der Waals surface area contributed by atoms with Crippen LogP contribution in [0.25, 0.3) is 0 Å². The Morgan fingerprint density at radius 2 is 2.15 bits per heavy atom. The van der Waals surface area contributed by atoms with E-state index in [-0.39, 0.29) is 17.8 Å². The van der Waals surface area contributed by atoms with E-state index < -0.39 is 0 Å². The fourth-order valence-electron chi connectivity index (χ4n) is 3.58. The molecule has 2 aromatic heterocycles. The van der Waals surface area contributed by atoms with Crippen LogP contribution in [0.3, 0.4) is 0 Å². The number of carbonyl (C=O) groups is 1. The molecule has 0 aliphatic carbocycles. The molecule has 1 aliphatic rings. The summed E-state index contributed by atoms with van der Waals surface area (Å²) >= 11 is 3.43. The minimum absolute atomic E-state index is 0.0901. The van der Waals surface area contributed by atoms with E-state index in [4.69, 9.17) is 0 Å². The minimum atomic E-state index is -0.260. The predicted molar refractivity (Wildman–Crippen MR) is 109 cm³/mol. The van der Waals surface area contributed by atoms with Gasteiger partial charge in [-0.05, 0) is 61.5 Å². The number of hydrogen-bond acceptors (Lipinski definition) is 3. The van der Waals surface area contributed by atoms with Gasteiger partial charge in [0.15, 0.2) is 0 Å². The Balaban J connectivity index is 1.57. The number of thioether (sulfide) groups is 1. The van der Waals surface area contributed by atoms with Crippen molar-refractivity contribution in [2.45, 2.75) is 37.8 Å². The first kappa shape index (κ1) is 18.3. The van der Waals surface area contributed by atoms with Gasteiger partial charge < -0.3 is 9.88 Å².